The molecule has 0 aliphatic rings. The van der Waals surface area contributed by atoms with Crippen LogP contribution >= 0.6 is 0 Å². The van der Waals surface area contributed by atoms with Crippen molar-refractivity contribution in [1.29, 1.82) is 0 Å². The summed E-state index contributed by atoms with van der Waals surface area (Å²) in [6.07, 6.45) is 0. The molecule has 0 aliphatic carbocycles. The van der Waals surface area contributed by atoms with E-state index in [4.69, 9.17) is 23.8 Å². The summed E-state index contributed by atoms with van der Waals surface area (Å²) in [5.74, 6) is 1.79. The number of nitrogens with zero attached hydrogens (tertiary/aromatic N) is 4. The van der Waals surface area contributed by atoms with Gasteiger partial charge in [0.15, 0.2) is 17.5 Å². The van der Waals surface area contributed by atoms with E-state index in [9.17, 15) is 0 Å². The van der Waals surface area contributed by atoms with Crippen LogP contribution in [-0.2, 0) is 0 Å². The lowest BCUT2D eigenvalue weighted by Gasteiger charge is -2.16. The molecule has 0 aliphatic heterocycles. The molecule has 0 amide bonds. The number of aromatic nitrogens is 4. The first-order chi connectivity index (χ1) is 34.2. The van der Waals surface area contributed by atoms with Gasteiger partial charge in [-0.1, -0.05) is 164 Å². The number of fused-ring (bicyclic) bond motifs is 9. The van der Waals surface area contributed by atoms with Crippen molar-refractivity contribution in [2.75, 3.05) is 0 Å². The first kappa shape index (κ1) is 38.8. The van der Waals surface area contributed by atoms with Gasteiger partial charge in [-0.3, -0.25) is 0 Å². The number of furan rings is 2. The predicted molar refractivity (Wildman–Crippen MR) is 281 cm³/mol. The molecule has 0 radical (unpaired) electrons. The number of hydrogen-bond donors (Lipinski definition) is 0. The van der Waals surface area contributed by atoms with E-state index in [1.807, 2.05) is 60.7 Å². The Morgan fingerprint density at radius 3 is 1.42 bits per heavy atom. The van der Waals surface area contributed by atoms with Crippen LogP contribution in [0.2, 0.25) is 0 Å². The summed E-state index contributed by atoms with van der Waals surface area (Å²) < 4.78 is 15.6. The first-order valence-electron chi connectivity index (χ1n) is 23.2. The van der Waals surface area contributed by atoms with Crippen LogP contribution < -0.4 is 0 Å². The molecule has 0 fully saturated rings. The first-order valence-corrected chi connectivity index (χ1v) is 23.2. The van der Waals surface area contributed by atoms with Crippen molar-refractivity contribution < 1.29 is 8.83 Å². The van der Waals surface area contributed by atoms with E-state index >= 15 is 0 Å². The maximum absolute atomic E-state index is 6.60. The van der Waals surface area contributed by atoms with Gasteiger partial charge in [0.2, 0.25) is 0 Å². The number of para-hydroxylation sites is 2. The van der Waals surface area contributed by atoms with Crippen LogP contribution in [0.3, 0.4) is 0 Å². The van der Waals surface area contributed by atoms with Gasteiger partial charge in [-0.2, -0.15) is 0 Å². The molecule has 0 spiro atoms. The van der Waals surface area contributed by atoms with E-state index in [1.54, 1.807) is 0 Å². The van der Waals surface area contributed by atoms with E-state index in [-0.39, 0.29) is 0 Å². The molecule has 69 heavy (non-hydrogen) atoms. The molecule has 10 aromatic carbocycles. The fourth-order valence-corrected chi connectivity index (χ4v) is 10.2. The maximum atomic E-state index is 6.60. The number of rotatable bonds is 7. The van der Waals surface area contributed by atoms with Crippen molar-refractivity contribution in [2.24, 2.45) is 0 Å². The molecule has 0 unspecified atom stereocenters. The zero-order chi connectivity index (χ0) is 45.4. The van der Waals surface area contributed by atoms with Crippen LogP contribution in [0.25, 0.3) is 139 Å². The van der Waals surface area contributed by atoms with Crippen LogP contribution in [-0.4, -0.2) is 19.5 Å². The standard InChI is InChI=1S/C63H38N4O2/c1-4-14-39(15-5-1)41-24-26-43(27-25-41)62-64-61(42-18-8-3-9-19-42)65-63(66-62)46-30-34-57-51(38-46)50-37-45(29-33-56(50)68-57)59-54(32-35-58-60(59)48-21-11-13-23-55(48)69-58)67-52-22-12-10-20-47(52)49-36-44(28-31-53(49)67)40-16-6-2-7-17-40/h1-38H. The van der Waals surface area contributed by atoms with Crippen LogP contribution in [0, 0.1) is 0 Å². The van der Waals surface area contributed by atoms with Crippen molar-refractivity contribution in [3.05, 3.63) is 231 Å². The minimum absolute atomic E-state index is 0.581. The van der Waals surface area contributed by atoms with Crippen molar-refractivity contribution in [2.45, 2.75) is 0 Å². The highest BCUT2D eigenvalue weighted by atomic mass is 16.3. The Balaban J connectivity index is 0.960. The molecule has 0 N–H and O–H groups in total. The molecule has 4 aromatic heterocycles. The van der Waals surface area contributed by atoms with Gasteiger partial charge in [0.05, 0.1) is 16.7 Å². The van der Waals surface area contributed by atoms with Crippen molar-refractivity contribution >= 4 is 65.7 Å². The lowest BCUT2D eigenvalue weighted by atomic mass is 9.95. The van der Waals surface area contributed by atoms with Gasteiger partial charge < -0.3 is 13.4 Å². The molecular formula is C63H38N4O2. The minimum atomic E-state index is 0.581. The number of benzene rings is 10. The largest absolute Gasteiger partial charge is 0.456 e. The predicted octanol–water partition coefficient (Wildman–Crippen LogP) is 16.8. The van der Waals surface area contributed by atoms with E-state index in [0.29, 0.717) is 17.5 Å². The lowest BCUT2D eigenvalue weighted by Crippen LogP contribution is -2.00. The molecular weight excluding hydrogens is 845 g/mol. The van der Waals surface area contributed by atoms with Gasteiger partial charge in [-0.25, -0.2) is 15.0 Å². The molecule has 4 heterocycles. The van der Waals surface area contributed by atoms with Gasteiger partial charge in [-0.15, -0.1) is 0 Å². The highest BCUT2D eigenvalue weighted by Gasteiger charge is 2.23. The lowest BCUT2D eigenvalue weighted by molar-refractivity contribution is 0.669. The Labute approximate surface area is 396 Å². The van der Waals surface area contributed by atoms with Crippen molar-refractivity contribution in [3.8, 4) is 73.2 Å². The average molecular weight is 883 g/mol. The quantitative estimate of drug-likeness (QED) is 0.159. The summed E-state index contributed by atoms with van der Waals surface area (Å²) in [4.78, 5) is 15.3. The van der Waals surface area contributed by atoms with E-state index in [0.717, 1.165) is 99.5 Å². The zero-order valence-corrected chi connectivity index (χ0v) is 37.0. The van der Waals surface area contributed by atoms with Crippen LogP contribution in [0.1, 0.15) is 0 Å². The van der Waals surface area contributed by atoms with Crippen LogP contribution in [0.5, 0.6) is 0 Å². The minimum Gasteiger partial charge on any atom is -0.456 e. The molecule has 322 valence electrons. The molecule has 6 nitrogen and oxygen atoms in total. The van der Waals surface area contributed by atoms with Gasteiger partial charge in [0, 0.05) is 54.6 Å². The van der Waals surface area contributed by atoms with Gasteiger partial charge in [0.1, 0.15) is 22.3 Å². The van der Waals surface area contributed by atoms with Gasteiger partial charge >= 0.3 is 0 Å². The molecule has 6 heteroatoms. The summed E-state index contributed by atoms with van der Waals surface area (Å²) in [7, 11) is 0. The second-order valence-electron chi connectivity index (χ2n) is 17.5. The second kappa shape index (κ2) is 15.6. The fourth-order valence-electron chi connectivity index (χ4n) is 10.2. The average Bonchev–Trinajstić information content (AvgIpc) is 4.10. The smallest absolute Gasteiger partial charge is 0.164 e. The molecule has 0 bridgehead atoms. The summed E-state index contributed by atoms with van der Waals surface area (Å²) in [6, 6.07) is 80.5. The molecule has 14 rings (SSSR count). The van der Waals surface area contributed by atoms with E-state index < -0.39 is 0 Å². The summed E-state index contributed by atoms with van der Waals surface area (Å²) >= 11 is 0. The topological polar surface area (TPSA) is 69.9 Å². The fraction of sp³-hybridized carbons (Fsp3) is 0. The van der Waals surface area contributed by atoms with Gasteiger partial charge in [0.25, 0.3) is 0 Å². The van der Waals surface area contributed by atoms with E-state index in [1.165, 1.54) is 21.9 Å². The third kappa shape index (κ3) is 6.45. The Bertz CT molecular complexity index is 4290. The second-order valence-corrected chi connectivity index (χ2v) is 17.5. The van der Waals surface area contributed by atoms with Crippen LogP contribution in [0.15, 0.2) is 239 Å². The maximum Gasteiger partial charge on any atom is 0.164 e. The highest BCUT2D eigenvalue weighted by molar-refractivity contribution is 6.18. The van der Waals surface area contributed by atoms with Crippen LogP contribution in [0.4, 0.5) is 0 Å². The monoisotopic (exact) mass is 882 g/mol. The Morgan fingerprint density at radius 2 is 0.710 bits per heavy atom. The zero-order valence-electron chi connectivity index (χ0n) is 37.0. The highest BCUT2D eigenvalue weighted by Crippen LogP contribution is 2.45. The third-order valence-corrected chi connectivity index (χ3v) is 13.5. The third-order valence-electron chi connectivity index (χ3n) is 13.5. The molecule has 0 atom stereocenters. The Hall–Kier alpha value is -9.39. The van der Waals surface area contributed by atoms with Crippen molar-refractivity contribution in [1.82, 2.24) is 19.5 Å². The van der Waals surface area contributed by atoms with Gasteiger partial charge in [-0.05, 0) is 94.5 Å². The normalized spacial score (nSPS) is 11.8. The summed E-state index contributed by atoms with van der Waals surface area (Å²) in [5, 5.41) is 6.47. The molecule has 0 saturated heterocycles. The Kier molecular flexibility index (Phi) is 8.79. The summed E-state index contributed by atoms with van der Waals surface area (Å²) in [5.41, 5.74) is 16.0. The van der Waals surface area contributed by atoms with E-state index in [2.05, 4.69) is 174 Å². The molecule has 0 saturated carbocycles. The Morgan fingerprint density at radius 1 is 0.275 bits per heavy atom. The van der Waals surface area contributed by atoms with Crippen molar-refractivity contribution in [3.63, 3.8) is 0 Å². The number of hydrogen-bond acceptors (Lipinski definition) is 5. The summed E-state index contributed by atoms with van der Waals surface area (Å²) in [6.45, 7) is 0. The SMILES string of the molecule is c1ccc(-c2ccc(-c3nc(-c4ccccc4)nc(-c4ccc5oc6ccc(-c7c(-n8c9ccccc9c9cc(-c%10ccccc%10)ccc98)ccc8oc9ccccc9c78)cc6c5c4)n3)cc2)cc1. The molecule has 14 aromatic rings.